The fourth-order valence-electron chi connectivity index (χ4n) is 2.43. The molecule has 25 heavy (non-hydrogen) atoms. The number of aryl methyl sites for hydroxylation is 1. The summed E-state index contributed by atoms with van der Waals surface area (Å²) in [6.07, 6.45) is 4.60. The van der Waals surface area contributed by atoms with Gasteiger partial charge < -0.3 is 10.3 Å². The van der Waals surface area contributed by atoms with Crippen LogP contribution in [0.25, 0.3) is 10.9 Å². The summed E-state index contributed by atoms with van der Waals surface area (Å²) in [5.74, 6) is -0.773. The van der Waals surface area contributed by atoms with Crippen LogP contribution in [0.15, 0.2) is 53.9 Å². The molecule has 0 radical (unpaired) electrons. The van der Waals surface area contributed by atoms with Gasteiger partial charge in [-0.15, -0.1) is 0 Å². The number of nitrogens with zero attached hydrogens (tertiary/aromatic N) is 2. The second-order valence-corrected chi connectivity index (χ2v) is 5.43. The quantitative estimate of drug-likeness (QED) is 0.489. The van der Waals surface area contributed by atoms with Crippen molar-refractivity contribution in [2.24, 2.45) is 5.10 Å². The zero-order chi connectivity index (χ0) is 17.6. The van der Waals surface area contributed by atoms with Crippen molar-refractivity contribution in [3.8, 4) is 0 Å². The fraction of sp³-hybridized carbons (Fsp3) is 0.111. The molecule has 2 amide bonds. The van der Waals surface area contributed by atoms with E-state index < -0.39 is 5.91 Å². The Kier molecular flexibility index (Phi) is 4.84. The topological polar surface area (TPSA) is 99.2 Å². The third-order valence-corrected chi connectivity index (χ3v) is 3.66. The molecule has 3 rings (SSSR count). The van der Waals surface area contributed by atoms with E-state index in [0.717, 1.165) is 22.2 Å². The number of H-pyrrole nitrogens is 1. The lowest BCUT2D eigenvalue weighted by molar-refractivity contribution is -0.120. The van der Waals surface area contributed by atoms with Crippen LogP contribution < -0.4 is 10.7 Å². The number of nitrogens with one attached hydrogen (secondary N) is 3. The monoisotopic (exact) mass is 335 g/mol. The first-order chi connectivity index (χ1) is 12.1. The Bertz CT molecular complexity index is 931. The Morgan fingerprint density at radius 2 is 2.08 bits per heavy atom. The largest absolute Gasteiger partial charge is 0.358 e. The highest BCUT2D eigenvalue weighted by Gasteiger charge is 2.08. The van der Waals surface area contributed by atoms with E-state index in [1.807, 2.05) is 31.2 Å². The van der Waals surface area contributed by atoms with Crippen molar-refractivity contribution < 1.29 is 9.59 Å². The maximum atomic E-state index is 11.8. The Morgan fingerprint density at radius 1 is 1.24 bits per heavy atom. The second-order valence-electron chi connectivity index (χ2n) is 5.43. The number of aromatic nitrogens is 2. The summed E-state index contributed by atoms with van der Waals surface area (Å²) in [5.41, 5.74) is 5.69. The number of para-hydroxylation sites is 1. The van der Waals surface area contributed by atoms with Crippen LogP contribution in [0.1, 0.15) is 21.6 Å². The third kappa shape index (κ3) is 3.89. The summed E-state index contributed by atoms with van der Waals surface area (Å²) in [6.45, 7) is 1.77. The molecule has 0 unspecified atom stereocenters. The highest BCUT2D eigenvalue weighted by atomic mass is 16.2. The molecule has 0 aliphatic carbocycles. The highest BCUT2D eigenvalue weighted by Crippen LogP contribution is 2.19. The lowest BCUT2D eigenvalue weighted by atomic mass is 10.1. The number of aromatic amines is 1. The predicted molar refractivity (Wildman–Crippen MR) is 95.3 cm³/mol. The zero-order valence-electron chi connectivity index (χ0n) is 13.6. The van der Waals surface area contributed by atoms with Gasteiger partial charge in [-0.25, -0.2) is 5.43 Å². The number of benzene rings is 1. The van der Waals surface area contributed by atoms with Gasteiger partial charge in [0.15, 0.2) is 0 Å². The Hall–Kier alpha value is -3.48. The van der Waals surface area contributed by atoms with Crippen molar-refractivity contribution in [1.29, 1.82) is 0 Å². The number of rotatable bonds is 5. The summed E-state index contributed by atoms with van der Waals surface area (Å²) in [5, 5.41) is 7.51. The van der Waals surface area contributed by atoms with Crippen LogP contribution in [0, 0.1) is 6.92 Å². The maximum absolute atomic E-state index is 11.8. The number of carbonyl (C=O) groups excluding carboxylic acids is 2. The average Bonchev–Trinajstić information content (AvgIpc) is 2.96. The summed E-state index contributed by atoms with van der Waals surface area (Å²) in [7, 11) is 0. The van der Waals surface area contributed by atoms with E-state index in [0.29, 0.717) is 5.56 Å². The Morgan fingerprint density at radius 3 is 2.88 bits per heavy atom. The van der Waals surface area contributed by atoms with Gasteiger partial charge >= 0.3 is 0 Å². The number of amides is 2. The summed E-state index contributed by atoms with van der Waals surface area (Å²) < 4.78 is 0. The predicted octanol–water partition coefficient (Wildman–Crippen LogP) is 1.75. The van der Waals surface area contributed by atoms with E-state index >= 15 is 0 Å². The number of pyridine rings is 1. The average molecular weight is 335 g/mol. The Labute approximate surface area is 144 Å². The van der Waals surface area contributed by atoms with Gasteiger partial charge in [-0.1, -0.05) is 18.2 Å². The highest BCUT2D eigenvalue weighted by molar-refractivity contribution is 6.01. The lowest BCUT2D eigenvalue weighted by Gasteiger charge is -2.03. The zero-order valence-corrected chi connectivity index (χ0v) is 13.6. The van der Waals surface area contributed by atoms with Crippen LogP contribution in [-0.2, 0) is 4.79 Å². The van der Waals surface area contributed by atoms with Crippen LogP contribution in [0.2, 0.25) is 0 Å². The van der Waals surface area contributed by atoms with E-state index in [1.54, 1.807) is 24.5 Å². The van der Waals surface area contributed by atoms with Gasteiger partial charge in [0, 0.05) is 34.6 Å². The van der Waals surface area contributed by atoms with Crippen LogP contribution in [0.3, 0.4) is 0 Å². The molecule has 2 heterocycles. The van der Waals surface area contributed by atoms with Crippen molar-refractivity contribution in [2.75, 3.05) is 6.54 Å². The van der Waals surface area contributed by atoms with Gasteiger partial charge in [-0.2, -0.15) is 5.10 Å². The molecule has 0 aliphatic heterocycles. The van der Waals surface area contributed by atoms with Gasteiger partial charge in [0.2, 0.25) is 0 Å². The second kappa shape index (κ2) is 7.39. The molecule has 1 aromatic carbocycles. The molecule has 7 nitrogen and oxygen atoms in total. The van der Waals surface area contributed by atoms with Gasteiger partial charge in [-0.05, 0) is 25.1 Å². The molecule has 0 spiro atoms. The van der Waals surface area contributed by atoms with Crippen molar-refractivity contribution in [1.82, 2.24) is 20.7 Å². The number of carbonyl (C=O) groups is 2. The van der Waals surface area contributed by atoms with Crippen LogP contribution in [-0.4, -0.2) is 34.5 Å². The normalized spacial score (nSPS) is 10.9. The number of hydrogen-bond donors (Lipinski definition) is 3. The first kappa shape index (κ1) is 16.4. The van der Waals surface area contributed by atoms with Crippen molar-refractivity contribution >= 4 is 28.9 Å². The van der Waals surface area contributed by atoms with Crippen LogP contribution in [0.4, 0.5) is 0 Å². The number of hydrazone groups is 1. The summed E-state index contributed by atoms with van der Waals surface area (Å²) in [4.78, 5) is 30.7. The molecule has 0 atom stereocenters. The first-order valence-corrected chi connectivity index (χ1v) is 7.72. The maximum Gasteiger partial charge on any atom is 0.259 e. The smallest absolute Gasteiger partial charge is 0.259 e. The molecule has 2 aromatic heterocycles. The SMILES string of the molecule is Cc1[nH]c2ccccc2c1C=NNC(=O)CNC(=O)c1cccnc1. The van der Waals surface area contributed by atoms with Crippen molar-refractivity contribution in [3.05, 3.63) is 65.6 Å². The molecule has 0 aliphatic rings. The molecular formula is C18H17N5O2. The molecule has 0 bridgehead atoms. The summed E-state index contributed by atoms with van der Waals surface area (Å²) in [6, 6.07) is 11.1. The fourth-order valence-corrected chi connectivity index (χ4v) is 2.43. The molecule has 126 valence electrons. The minimum atomic E-state index is -0.411. The molecule has 0 saturated carbocycles. The molecule has 3 aromatic rings. The minimum Gasteiger partial charge on any atom is -0.358 e. The number of fused-ring (bicyclic) bond motifs is 1. The Balaban J connectivity index is 1.56. The molecule has 0 saturated heterocycles. The van der Waals surface area contributed by atoms with E-state index in [2.05, 4.69) is 25.8 Å². The van der Waals surface area contributed by atoms with Crippen molar-refractivity contribution in [2.45, 2.75) is 6.92 Å². The summed E-state index contributed by atoms with van der Waals surface area (Å²) >= 11 is 0. The third-order valence-electron chi connectivity index (χ3n) is 3.66. The van der Waals surface area contributed by atoms with E-state index in [1.165, 1.54) is 6.20 Å². The standard InChI is InChI=1S/C18H17N5O2/c1-12-15(14-6-2-3-7-16(14)22-12)10-21-23-17(24)11-20-18(25)13-5-4-8-19-9-13/h2-10,22H,11H2,1H3,(H,20,25)(H,23,24). The lowest BCUT2D eigenvalue weighted by Crippen LogP contribution is -2.34. The molecule has 0 fully saturated rings. The molecule has 7 heteroatoms. The van der Waals surface area contributed by atoms with Gasteiger partial charge in [0.25, 0.3) is 11.8 Å². The van der Waals surface area contributed by atoms with Gasteiger partial charge in [0.1, 0.15) is 0 Å². The molecular weight excluding hydrogens is 318 g/mol. The van der Waals surface area contributed by atoms with E-state index in [9.17, 15) is 9.59 Å². The van der Waals surface area contributed by atoms with E-state index in [-0.39, 0.29) is 12.5 Å². The minimum absolute atomic E-state index is 0.169. The first-order valence-electron chi connectivity index (χ1n) is 7.72. The van der Waals surface area contributed by atoms with Gasteiger partial charge in [0.05, 0.1) is 18.3 Å². The van der Waals surface area contributed by atoms with Crippen LogP contribution in [0.5, 0.6) is 0 Å². The van der Waals surface area contributed by atoms with Crippen LogP contribution >= 0.6 is 0 Å². The van der Waals surface area contributed by atoms with E-state index in [4.69, 9.17) is 0 Å². The van der Waals surface area contributed by atoms with Crippen molar-refractivity contribution in [3.63, 3.8) is 0 Å². The number of hydrogen-bond acceptors (Lipinski definition) is 4. The molecule has 3 N–H and O–H groups in total. The van der Waals surface area contributed by atoms with Gasteiger partial charge in [-0.3, -0.25) is 14.6 Å².